The van der Waals surface area contributed by atoms with Crippen LogP contribution in [0.15, 0.2) is 30.3 Å². The van der Waals surface area contributed by atoms with Gasteiger partial charge in [-0.05, 0) is 49.7 Å². The third-order valence-electron chi connectivity index (χ3n) is 3.14. The fourth-order valence-corrected chi connectivity index (χ4v) is 2.32. The number of nitrogens with one attached hydrogen (secondary N) is 1. The van der Waals surface area contributed by atoms with Crippen molar-refractivity contribution in [3.63, 3.8) is 0 Å². The largest absolute Gasteiger partial charge is 0.316 e. The summed E-state index contributed by atoms with van der Waals surface area (Å²) in [6.45, 7) is 4.14. The monoisotopic (exact) mass is 261 g/mol. The summed E-state index contributed by atoms with van der Waals surface area (Å²) < 4.78 is 27.9. The van der Waals surface area contributed by atoms with Crippen molar-refractivity contribution >= 4 is 0 Å². The molecule has 0 saturated carbocycles. The zero-order valence-corrected chi connectivity index (χ0v) is 11.3. The number of rotatable bonds is 3. The van der Waals surface area contributed by atoms with Crippen molar-refractivity contribution in [1.29, 1.82) is 0 Å². The van der Waals surface area contributed by atoms with Gasteiger partial charge in [0.1, 0.15) is 11.6 Å². The quantitative estimate of drug-likeness (QED) is 0.881. The Morgan fingerprint density at radius 1 is 1.00 bits per heavy atom. The summed E-state index contributed by atoms with van der Waals surface area (Å²) in [5.74, 6) is -0.621. The molecule has 0 radical (unpaired) electrons. The second-order valence-corrected chi connectivity index (χ2v) is 4.78. The molecule has 0 bridgehead atoms. The van der Waals surface area contributed by atoms with E-state index in [1.54, 1.807) is 19.2 Å². The predicted octanol–water partition coefficient (Wildman–Crippen LogP) is 3.97. The Bertz CT molecular complexity index is 583. The minimum Gasteiger partial charge on any atom is -0.316 e. The van der Waals surface area contributed by atoms with Gasteiger partial charge in [-0.2, -0.15) is 0 Å². The standard InChI is InChI=1S/C16H17F2N/c1-10-6-11(2)16(15(18)7-10)12-4-5-13(9-19-3)14(17)8-12/h4-8,19H,9H2,1-3H3. The van der Waals surface area contributed by atoms with Crippen molar-refractivity contribution in [2.45, 2.75) is 20.4 Å². The molecule has 0 unspecified atom stereocenters. The van der Waals surface area contributed by atoms with E-state index in [9.17, 15) is 8.78 Å². The molecular formula is C16H17F2N. The first-order chi connectivity index (χ1) is 9.02. The van der Waals surface area contributed by atoms with Gasteiger partial charge in [-0.25, -0.2) is 8.78 Å². The molecule has 0 aliphatic carbocycles. The lowest BCUT2D eigenvalue weighted by Gasteiger charge is -2.11. The summed E-state index contributed by atoms with van der Waals surface area (Å²) >= 11 is 0. The van der Waals surface area contributed by atoms with E-state index in [-0.39, 0.29) is 11.6 Å². The van der Waals surface area contributed by atoms with E-state index in [4.69, 9.17) is 0 Å². The molecule has 19 heavy (non-hydrogen) atoms. The molecule has 0 aromatic heterocycles. The normalized spacial score (nSPS) is 10.8. The highest BCUT2D eigenvalue weighted by atomic mass is 19.1. The van der Waals surface area contributed by atoms with Crippen LogP contribution in [-0.2, 0) is 6.54 Å². The van der Waals surface area contributed by atoms with Gasteiger partial charge in [0.05, 0.1) is 0 Å². The highest BCUT2D eigenvalue weighted by Crippen LogP contribution is 2.29. The van der Waals surface area contributed by atoms with Crippen molar-refractivity contribution in [1.82, 2.24) is 5.32 Å². The maximum absolute atomic E-state index is 14.0. The van der Waals surface area contributed by atoms with E-state index in [0.29, 0.717) is 23.2 Å². The van der Waals surface area contributed by atoms with E-state index < -0.39 is 0 Å². The molecule has 0 heterocycles. The molecule has 1 N–H and O–H groups in total. The Hall–Kier alpha value is -1.74. The van der Waals surface area contributed by atoms with E-state index in [1.807, 2.05) is 19.9 Å². The molecule has 2 rings (SSSR count). The molecule has 3 heteroatoms. The molecule has 0 atom stereocenters. The first kappa shape index (κ1) is 13.7. The van der Waals surface area contributed by atoms with E-state index >= 15 is 0 Å². The maximum Gasteiger partial charge on any atom is 0.131 e. The molecule has 0 aliphatic heterocycles. The van der Waals surface area contributed by atoms with E-state index in [1.165, 1.54) is 12.1 Å². The van der Waals surface area contributed by atoms with Gasteiger partial charge in [0, 0.05) is 17.7 Å². The van der Waals surface area contributed by atoms with Gasteiger partial charge in [0.15, 0.2) is 0 Å². The third kappa shape index (κ3) is 2.82. The van der Waals surface area contributed by atoms with Crippen LogP contribution >= 0.6 is 0 Å². The summed E-state index contributed by atoms with van der Waals surface area (Å²) in [5.41, 5.74) is 3.31. The number of aryl methyl sites for hydroxylation is 2. The first-order valence-electron chi connectivity index (χ1n) is 6.23. The first-order valence-corrected chi connectivity index (χ1v) is 6.23. The average molecular weight is 261 g/mol. The highest BCUT2D eigenvalue weighted by molar-refractivity contribution is 5.68. The number of benzene rings is 2. The van der Waals surface area contributed by atoms with Crippen LogP contribution in [0.25, 0.3) is 11.1 Å². The number of halogens is 2. The second kappa shape index (κ2) is 5.49. The van der Waals surface area contributed by atoms with Crippen LogP contribution in [0.4, 0.5) is 8.78 Å². The molecular weight excluding hydrogens is 244 g/mol. The Balaban J connectivity index is 2.51. The minimum absolute atomic E-state index is 0.307. The lowest BCUT2D eigenvalue weighted by atomic mass is 9.97. The summed E-state index contributed by atoms with van der Waals surface area (Å²) in [6.07, 6.45) is 0. The molecule has 0 spiro atoms. The van der Waals surface area contributed by atoms with Crippen molar-refractivity contribution < 1.29 is 8.78 Å². The van der Waals surface area contributed by atoms with Crippen LogP contribution < -0.4 is 5.32 Å². The molecule has 0 saturated heterocycles. The van der Waals surface area contributed by atoms with Crippen LogP contribution in [0, 0.1) is 25.5 Å². The molecule has 100 valence electrons. The smallest absolute Gasteiger partial charge is 0.131 e. The third-order valence-corrected chi connectivity index (χ3v) is 3.14. The van der Waals surface area contributed by atoms with Crippen molar-refractivity contribution in [2.24, 2.45) is 0 Å². The molecule has 0 amide bonds. The lowest BCUT2D eigenvalue weighted by Crippen LogP contribution is -2.07. The van der Waals surface area contributed by atoms with Crippen LogP contribution in [-0.4, -0.2) is 7.05 Å². The molecule has 2 aromatic carbocycles. The fraction of sp³-hybridized carbons (Fsp3) is 0.250. The predicted molar refractivity (Wildman–Crippen MR) is 74.0 cm³/mol. The van der Waals surface area contributed by atoms with Crippen molar-refractivity contribution in [3.8, 4) is 11.1 Å². The number of hydrogen-bond acceptors (Lipinski definition) is 1. The van der Waals surface area contributed by atoms with Gasteiger partial charge in [0.2, 0.25) is 0 Å². The van der Waals surface area contributed by atoms with Gasteiger partial charge in [-0.3, -0.25) is 0 Å². The van der Waals surface area contributed by atoms with Crippen LogP contribution in [0.3, 0.4) is 0 Å². The SMILES string of the molecule is CNCc1ccc(-c2c(C)cc(C)cc2F)cc1F. The van der Waals surface area contributed by atoms with Gasteiger partial charge >= 0.3 is 0 Å². The summed E-state index contributed by atoms with van der Waals surface area (Å²) in [5, 5.41) is 2.90. The summed E-state index contributed by atoms with van der Waals surface area (Å²) in [7, 11) is 1.76. The van der Waals surface area contributed by atoms with E-state index in [0.717, 1.165) is 11.1 Å². The minimum atomic E-state index is -0.314. The molecule has 0 aliphatic rings. The Kier molecular flexibility index (Phi) is 3.96. The molecule has 0 fully saturated rings. The Morgan fingerprint density at radius 2 is 1.74 bits per heavy atom. The topological polar surface area (TPSA) is 12.0 Å². The molecule has 2 aromatic rings. The Morgan fingerprint density at radius 3 is 2.32 bits per heavy atom. The van der Waals surface area contributed by atoms with Crippen LogP contribution in [0.1, 0.15) is 16.7 Å². The Labute approximate surface area is 112 Å². The zero-order chi connectivity index (χ0) is 14.0. The lowest BCUT2D eigenvalue weighted by molar-refractivity contribution is 0.600. The van der Waals surface area contributed by atoms with Gasteiger partial charge in [-0.1, -0.05) is 18.2 Å². The zero-order valence-electron chi connectivity index (χ0n) is 11.3. The molecule has 1 nitrogen and oxygen atoms in total. The van der Waals surface area contributed by atoms with Gasteiger partial charge in [0.25, 0.3) is 0 Å². The average Bonchev–Trinajstić information content (AvgIpc) is 2.31. The van der Waals surface area contributed by atoms with Crippen LogP contribution in [0.2, 0.25) is 0 Å². The highest BCUT2D eigenvalue weighted by Gasteiger charge is 2.11. The summed E-state index contributed by atoms with van der Waals surface area (Å²) in [4.78, 5) is 0. The van der Waals surface area contributed by atoms with Crippen molar-refractivity contribution in [2.75, 3.05) is 7.05 Å². The van der Waals surface area contributed by atoms with Gasteiger partial charge < -0.3 is 5.32 Å². The van der Waals surface area contributed by atoms with Crippen molar-refractivity contribution in [3.05, 3.63) is 58.7 Å². The van der Waals surface area contributed by atoms with E-state index in [2.05, 4.69) is 5.32 Å². The van der Waals surface area contributed by atoms with Gasteiger partial charge in [-0.15, -0.1) is 0 Å². The summed E-state index contributed by atoms with van der Waals surface area (Å²) in [6, 6.07) is 8.23. The second-order valence-electron chi connectivity index (χ2n) is 4.78. The maximum atomic E-state index is 14.0. The van der Waals surface area contributed by atoms with Crippen LogP contribution in [0.5, 0.6) is 0 Å². The fourth-order valence-electron chi connectivity index (χ4n) is 2.32. The number of hydrogen-bond donors (Lipinski definition) is 1.